The van der Waals surface area contributed by atoms with E-state index in [9.17, 15) is 4.79 Å². The minimum absolute atomic E-state index is 0.239. The van der Waals surface area contributed by atoms with Crippen molar-refractivity contribution in [1.29, 1.82) is 0 Å². The van der Waals surface area contributed by atoms with Gasteiger partial charge >= 0.3 is 5.97 Å². The highest BCUT2D eigenvalue weighted by Gasteiger charge is 2.32. The molecule has 0 aliphatic rings. The van der Waals surface area contributed by atoms with E-state index in [2.05, 4.69) is 0 Å². The second-order valence-electron chi connectivity index (χ2n) is 2.26. The molecule has 0 unspecified atom stereocenters. The normalized spacial score (nSPS) is 11.5. The Bertz CT molecular complexity index is 139. The van der Waals surface area contributed by atoms with Crippen LogP contribution in [0.2, 0.25) is 0 Å². The van der Waals surface area contributed by atoms with Crippen LogP contribution in [0.15, 0.2) is 0 Å². The third-order valence-corrected chi connectivity index (χ3v) is 1.96. The van der Waals surface area contributed by atoms with E-state index in [-0.39, 0.29) is 6.42 Å². The predicted molar refractivity (Wildman–Crippen MR) is 45.0 cm³/mol. The fourth-order valence-electron chi connectivity index (χ4n) is 0.598. The Hall–Kier alpha value is 0.01000. The maximum atomic E-state index is 10.3. The quantitative estimate of drug-likeness (QED) is 0.520. The Morgan fingerprint density at radius 2 is 2.00 bits per heavy atom. The first kappa shape index (κ1) is 11.0. The molecular formula is C6H11Cl2NO2. The molecule has 5 heteroatoms. The van der Waals surface area contributed by atoms with E-state index >= 15 is 0 Å². The number of carboxylic acid groups (broad SMARTS) is 1. The molecule has 0 bridgehead atoms. The average Bonchev–Trinajstić information content (AvgIpc) is 1.88. The topological polar surface area (TPSA) is 63.3 Å². The van der Waals surface area contributed by atoms with Crippen molar-refractivity contribution in [3.05, 3.63) is 0 Å². The van der Waals surface area contributed by atoms with E-state index in [0.29, 0.717) is 13.0 Å². The van der Waals surface area contributed by atoms with E-state index in [1.54, 1.807) is 0 Å². The third kappa shape index (κ3) is 4.45. The molecule has 0 aromatic heterocycles. The number of halogens is 2. The molecule has 0 aliphatic heterocycles. The van der Waals surface area contributed by atoms with E-state index in [1.165, 1.54) is 0 Å². The van der Waals surface area contributed by atoms with Crippen LogP contribution in [-0.2, 0) is 4.79 Å². The second-order valence-corrected chi connectivity index (χ2v) is 3.74. The highest BCUT2D eigenvalue weighted by atomic mass is 35.5. The average molecular weight is 200 g/mol. The molecule has 0 aromatic rings. The van der Waals surface area contributed by atoms with Crippen LogP contribution in [0.1, 0.15) is 19.3 Å². The van der Waals surface area contributed by atoms with Crippen molar-refractivity contribution in [2.75, 3.05) is 6.54 Å². The highest BCUT2D eigenvalue weighted by Crippen LogP contribution is 2.27. The molecule has 0 aliphatic carbocycles. The fourth-order valence-corrected chi connectivity index (χ4v) is 0.866. The van der Waals surface area contributed by atoms with Crippen molar-refractivity contribution in [2.24, 2.45) is 5.73 Å². The van der Waals surface area contributed by atoms with E-state index in [0.717, 1.165) is 6.42 Å². The van der Waals surface area contributed by atoms with Gasteiger partial charge in [-0.2, -0.15) is 0 Å². The van der Waals surface area contributed by atoms with Gasteiger partial charge < -0.3 is 10.8 Å². The summed E-state index contributed by atoms with van der Waals surface area (Å²) >= 11 is 10.9. The molecule has 3 N–H and O–H groups in total. The monoisotopic (exact) mass is 199 g/mol. The van der Waals surface area contributed by atoms with Crippen molar-refractivity contribution < 1.29 is 9.90 Å². The van der Waals surface area contributed by atoms with Crippen LogP contribution in [0.3, 0.4) is 0 Å². The zero-order chi connectivity index (χ0) is 8.91. The fraction of sp³-hybridized carbons (Fsp3) is 0.833. The van der Waals surface area contributed by atoms with Crippen LogP contribution in [0, 0.1) is 0 Å². The van der Waals surface area contributed by atoms with Gasteiger partial charge in [0.1, 0.15) is 0 Å². The summed E-state index contributed by atoms with van der Waals surface area (Å²) in [7, 11) is 0. The second kappa shape index (κ2) is 4.80. The standard InChI is InChI=1S/C6H11Cl2NO2/c7-6(8,5(10)11)3-1-2-4-9/h1-4,9H2,(H,10,11). The third-order valence-electron chi connectivity index (χ3n) is 1.26. The Balaban J connectivity index is 3.64. The van der Waals surface area contributed by atoms with Gasteiger partial charge in [-0.05, 0) is 25.8 Å². The number of carbonyl (C=O) groups is 1. The molecule has 0 saturated carbocycles. The molecule has 0 atom stereocenters. The molecule has 0 aromatic carbocycles. The lowest BCUT2D eigenvalue weighted by Gasteiger charge is -2.12. The van der Waals surface area contributed by atoms with Gasteiger partial charge in [-0.3, -0.25) is 0 Å². The van der Waals surface area contributed by atoms with Crippen molar-refractivity contribution in [3.8, 4) is 0 Å². The number of hydrogen-bond donors (Lipinski definition) is 2. The van der Waals surface area contributed by atoms with Gasteiger partial charge in [0.05, 0.1) is 0 Å². The van der Waals surface area contributed by atoms with Gasteiger partial charge in [-0.15, -0.1) is 0 Å². The summed E-state index contributed by atoms with van der Waals surface area (Å²) in [5, 5.41) is 8.45. The van der Waals surface area contributed by atoms with Crippen LogP contribution in [0.5, 0.6) is 0 Å². The van der Waals surface area contributed by atoms with Gasteiger partial charge in [0.25, 0.3) is 0 Å². The maximum absolute atomic E-state index is 10.3. The minimum Gasteiger partial charge on any atom is -0.479 e. The lowest BCUT2D eigenvalue weighted by Crippen LogP contribution is -2.25. The summed E-state index contributed by atoms with van der Waals surface area (Å²) in [5.74, 6) is -1.20. The smallest absolute Gasteiger partial charge is 0.340 e. The van der Waals surface area contributed by atoms with Gasteiger partial charge in [-0.25, -0.2) is 4.79 Å². The maximum Gasteiger partial charge on any atom is 0.340 e. The number of hydrogen-bond acceptors (Lipinski definition) is 2. The first-order chi connectivity index (χ1) is 5.00. The zero-order valence-electron chi connectivity index (χ0n) is 6.02. The summed E-state index contributed by atoms with van der Waals surface area (Å²) in [5.41, 5.74) is 5.20. The van der Waals surface area contributed by atoms with Crippen LogP contribution >= 0.6 is 23.2 Å². The Kier molecular flexibility index (Phi) is 4.81. The molecule has 0 fully saturated rings. The van der Waals surface area contributed by atoms with E-state index < -0.39 is 10.3 Å². The summed E-state index contributed by atoms with van der Waals surface area (Å²) < 4.78 is -1.64. The Morgan fingerprint density at radius 1 is 1.45 bits per heavy atom. The van der Waals surface area contributed by atoms with Crippen LogP contribution < -0.4 is 5.73 Å². The molecule has 0 heterocycles. The van der Waals surface area contributed by atoms with E-state index in [1.807, 2.05) is 0 Å². The Morgan fingerprint density at radius 3 is 2.36 bits per heavy atom. The first-order valence-corrected chi connectivity index (χ1v) is 4.07. The number of aliphatic carboxylic acids is 1. The largest absolute Gasteiger partial charge is 0.479 e. The summed E-state index contributed by atoms with van der Waals surface area (Å²) in [6.07, 6.45) is 1.62. The summed E-state index contributed by atoms with van der Waals surface area (Å²) in [4.78, 5) is 10.3. The molecule has 3 nitrogen and oxygen atoms in total. The molecular weight excluding hydrogens is 189 g/mol. The number of rotatable bonds is 5. The van der Waals surface area contributed by atoms with Crippen LogP contribution in [0.25, 0.3) is 0 Å². The van der Waals surface area contributed by atoms with Gasteiger partial charge in [0.2, 0.25) is 4.33 Å². The molecule has 0 amide bonds. The van der Waals surface area contributed by atoms with Crippen molar-refractivity contribution in [2.45, 2.75) is 23.6 Å². The van der Waals surface area contributed by atoms with Crippen LogP contribution in [-0.4, -0.2) is 22.0 Å². The Labute approximate surface area is 75.5 Å². The first-order valence-electron chi connectivity index (χ1n) is 3.32. The summed E-state index contributed by atoms with van der Waals surface area (Å²) in [6, 6.07) is 0. The SMILES string of the molecule is NCCCCC(Cl)(Cl)C(=O)O. The molecule has 11 heavy (non-hydrogen) atoms. The summed E-state index contributed by atoms with van der Waals surface area (Å²) in [6.45, 7) is 0.531. The highest BCUT2D eigenvalue weighted by molar-refractivity contribution is 6.57. The lowest BCUT2D eigenvalue weighted by molar-refractivity contribution is -0.138. The molecule has 66 valence electrons. The van der Waals surface area contributed by atoms with Gasteiger partial charge in [-0.1, -0.05) is 23.2 Å². The van der Waals surface area contributed by atoms with Crippen molar-refractivity contribution >= 4 is 29.2 Å². The lowest BCUT2D eigenvalue weighted by atomic mass is 10.2. The number of alkyl halides is 2. The number of unbranched alkanes of at least 4 members (excludes halogenated alkanes) is 1. The minimum atomic E-state index is -1.64. The predicted octanol–water partition coefficient (Wildman–Crippen LogP) is 1.37. The molecule has 0 spiro atoms. The number of carboxylic acids is 1. The zero-order valence-corrected chi connectivity index (χ0v) is 7.53. The molecule has 0 saturated heterocycles. The van der Waals surface area contributed by atoms with Gasteiger partial charge in [0, 0.05) is 0 Å². The van der Waals surface area contributed by atoms with E-state index in [4.69, 9.17) is 34.0 Å². The van der Waals surface area contributed by atoms with Crippen molar-refractivity contribution in [3.63, 3.8) is 0 Å². The van der Waals surface area contributed by atoms with Crippen LogP contribution in [0.4, 0.5) is 0 Å². The molecule has 0 rings (SSSR count). The van der Waals surface area contributed by atoms with Crippen molar-refractivity contribution in [1.82, 2.24) is 0 Å². The number of nitrogens with two attached hydrogens (primary N) is 1. The van der Waals surface area contributed by atoms with Gasteiger partial charge in [0.15, 0.2) is 0 Å². The molecule has 0 radical (unpaired) electrons.